The number of benzene rings is 1. The zero-order chi connectivity index (χ0) is 9.14. The first-order valence-electron chi connectivity index (χ1n) is 3.14. The summed E-state index contributed by atoms with van der Waals surface area (Å²) in [5, 5.41) is 20.5. The van der Waals surface area contributed by atoms with Crippen molar-refractivity contribution in [1.82, 2.24) is 0 Å². The van der Waals surface area contributed by atoms with Crippen molar-refractivity contribution in [1.29, 1.82) is 0 Å². The Labute approximate surface area is 105 Å². The molecule has 6 heteroatoms. The summed E-state index contributed by atoms with van der Waals surface area (Å²) in [5.74, 6) is -2.81. The molecular formula is C8H4Li2O4. The molecule has 0 fully saturated rings. The van der Waals surface area contributed by atoms with E-state index in [4.69, 9.17) is 0 Å². The van der Waals surface area contributed by atoms with E-state index in [0.29, 0.717) is 0 Å². The van der Waals surface area contributed by atoms with Gasteiger partial charge in [-0.3, -0.25) is 0 Å². The Morgan fingerprint density at radius 1 is 0.929 bits per heavy atom. The number of aromatic carboxylic acids is 2. The molecule has 0 aliphatic carbocycles. The quantitative estimate of drug-likeness (QED) is 0.421. The summed E-state index contributed by atoms with van der Waals surface area (Å²) in [6.45, 7) is 0. The molecule has 0 saturated heterocycles. The van der Waals surface area contributed by atoms with E-state index in [1.807, 2.05) is 0 Å². The Bertz CT molecular complexity index is 309. The Morgan fingerprint density at radius 3 is 1.57 bits per heavy atom. The molecule has 1 aromatic carbocycles. The van der Waals surface area contributed by atoms with E-state index < -0.39 is 11.9 Å². The van der Waals surface area contributed by atoms with Crippen molar-refractivity contribution in [3.05, 3.63) is 35.4 Å². The van der Waals surface area contributed by atoms with Crippen LogP contribution in [0.15, 0.2) is 24.3 Å². The second-order valence-electron chi connectivity index (χ2n) is 2.16. The van der Waals surface area contributed by atoms with E-state index in [0.717, 1.165) is 6.07 Å². The molecule has 14 heavy (non-hydrogen) atoms. The van der Waals surface area contributed by atoms with Crippen LogP contribution in [0.5, 0.6) is 0 Å². The van der Waals surface area contributed by atoms with Crippen LogP contribution in [0.3, 0.4) is 0 Å². The van der Waals surface area contributed by atoms with E-state index in [-0.39, 0.29) is 48.8 Å². The van der Waals surface area contributed by atoms with Crippen LogP contribution in [0.4, 0.5) is 0 Å². The SMILES string of the molecule is O=C([O-])c1cccc(C(=O)[O-])c1.[Li+].[Li+]. The maximum absolute atomic E-state index is 10.3. The molecule has 0 aliphatic rings. The van der Waals surface area contributed by atoms with Crippen molar-refractivity contribution < 1.29 is 57.5 Å². The molecule has 0 aliphatic heterocycles. The number of carbonyl (C=O) groups is 2. The first-order valence-corrected chi connectivity index (χ1v) is 3.14. The van der Waals surface area contributed by atoms with Gasteiger partial charge >= 0.3 is 37.7 Å². The zero-order valence-electron chi connectivity index (χ0n) is 7.94. The summed E-state index contributed by atoms with van der Waals surface area (Å²) >= 11 is 0. The minimum Gasteiger partial charge on any atom is -0.545 e. The monoisotopic (exact) mass is 178 g/mol. The number of hydrogen-bond acceptors (Lipinski definition) is 4. The molecule has 0 amide bonds. The number of carbonyl (C=O) groups excluding carboxylic acids is 2. The topological polar surface area (TPSA) is 80.3 Å². The summed E-state index contributed by atoms with van der Waals surface area (Å²) in [6.07, 6.45) is 0. The summed E-state index contributed by atoms with van der Waals surface area (Å²) in [6, 6.07) is 4.81. The van der Waals surface area contributed by atoms with E-state index >= 15 is 0 Å². The van der Waals surface area contributed by atoms with Crippen LogP contribution in [-0.4, -0.2) is 11.9 Å². The number of carboxylic acids is 2. The van der Waals surface area contributed by atoms with Crippen LogP contribution in [-0.2, 0) is 0 Å². The maximum atomic E-state index is 10.3. The van der Waals surface area contributed by atoms with Crippen LogP contribution in [0.2, 0.25) is 0 Å². The molecule has 0 spiro atoms. The van der Waals surface area contributed by atoms with Gasteiger partial charge in [-0.05, 0) is 17.2 Å². The van der Waals surface area contributed by atoms with Gasteiger partial charge in [0.2, 0.25) is 0 Å². The number of carboxylic acid groups (broad SMARTS) is 2. The summed E-state index contributed by atoms with van der Waals surface area (Å²) < 4.78 is 0. The van der Waals surface area contributed by atoms with Gasteiger partial charge in [-0.1, -0.05) is 18.2 Å². The van der Waals surface area contributed by atoms with Crippen molar-refractivity contribution in [2.45, 2.75) is 0 Å². The molecule has 0 bridgehead atoms. The fraction of sp³-hybridized carbons (Fsp3) is 0. The predicted molar refractivity (Wildman–Crippen MR) is 35.1 cm³/mol. The van der Waals surface area contributed by atoms with E-state index in [2.05, 4.69) is 0 Å². The van der Waals surface area contributed by atoms with Gasteiger partial charge in [-0.2, -0.15) is 0 Å². The zero-order valence-corrected chi connectivity index (χ0v) is 7.94. The fourth-order valence-electron chi connectivity index (χ4n) is 0.773. The minimum atomic E-state index is -1.40. The van der Waals surface area contributed by atoms with Crippen molar-refractivity contribution in [2.75, 3.05) is 0 Å². The Hall–Kier alpha value is -0.645. The number of hydrogen-bond donors (Lipinski definition) is 0. The second-order valence-corrected chi connectivity index (χ2v) is 2.16. The fourth-order valence-corrected chi connectivity index (χ4v) is 0.773. The first-order chi connectivity index (χ1) is 5.61. The molecule has 0 atom stereocenters. The Morgan fingerprint density at radius 2 is 1.29 bits per heavy atom. The van der Waals surface area contributed by atoms with Crippen LogP contribution < -0.4 is 47.9 Å². The third-order valence-electron chi connectivity index (χ3n) is 1.33. The third kappa shape index (κ3) is 4.04. The molecule has 0 aromatic heterocycles. The standard InChI is InChI=1S/C8H6O4.2Li/c9-7(10)5-2-1-3-6(4-5)8(11)12;;/h1-4H,(H,9,10)(H,11,12);;/q;2*+1/p-2. The van der Waals surface area contributed by atoms with Crippen LogP contribution >= 0.6 is 0 Å². The van der Waals surface area contributed by atoms with Gasteiger partial charge in [0, 0.05) is 0 Å². The predicted octanol–water partition coefficient (Wildman–Crippen LogP) is -7.58. The third-order valence-corrected chi connectivity index (χ3v) is 1.33. The van der Waals surface area contributed by atoms with Gasteiger partial charge in [0.25, 0.3) is 0 Å². The molecule has 0 heterocycles. The van der Waals surface area contributed by atoms with Gasteiger partial charge in [-0.15, -0.1) is 0 Å². The van der Waals surface area contributed by atoms with Crippen LogP contribution in [0, 0.1) is 0 Å². The van der Waals surface area contributed by atoms with Crippen molar-refractivity contribution in [3.8, 4) is 0 Å². The molecule has 4 nitrogen and oxygen atoms in total. The molecule has 0 radical (unpaired) electrons. The normalized spacial score (nSPS) is 8.00. The van der Waals surface area contributed by atoms with E-state index in [1.165, 1.54) is 18.2 Å². The Balaban J connectivity index is 0. The Kier molecular flexibility index (Phi) is 7.63. The summed E-state index contributed by atoms with van der Waals surface area (Å²) in [5.41, 5.74) is -0.339. The maximum Gasteiger partial charge on any atom is 1.00 e. The molecule has 1 aromatic rings. The average molecular weight is 178 g/mol. The molecule has 0 N–H and O–H groups in total. The molecule has 1 rings (SSSR count). The molecule has 0 unspecified atom stereocenters. The van der Waals surface area contributed by atoms with E-state index in [9.17, 15) is 19.8 Å². The molecule has 62 valence electrons. The summed E-state index contributed by atoms with van der Waals surface area (Å²) in [7, 11) is 0. The van der Waals surface area contributed by atoms with Gasteiger partial charge in [0.1, 0.15) is 0 Å². The summed E-state index contributed by atoms with van der Waals surface area (Å²) in [4.78, 5) is 20.5. The smallest absolute Gasteiger partial charge is 0.545 e. The minimum absolute atomic E-state index is 0. The first kappa shape index (κ1) is 15.8. The molecule has 0 saturated carbocycles. The number of rotatable bonds is 2. The van der Waals surface area contributed by atoms with Gasteiger partial charge in [0.05, 0.1) is 11.9 Å². The van der Waals surface area contributed by atoms with Crippen molar-refractivity contribution >= 4 is 11.9 Å². The van der Waals surface area contributed by atoms with Gasteiger partial charge in [0.15, 0.2) is 0 Å². The molecular weight excluding hydrogens is 174 g/mol. The largest absolute Gasteiger partial charge is 1.00 e. The van der Waals surface area contributed by atoms with E-state index in [1.54, 1.807) is 0 Å². The second kappa shape index (κ2) is 6.76. The van der Waals surface area contributed by atoms with Crippen molar-refractivity contribution in [3.63, 3.8) is 0 Å². The van der Waals surface area contributed by atoms with Crippen molar-refractivity contribution in [2.24, 2.45) is 0 Å². The van der Waals surface area contributed by atoms with Crippen LogP contribution in [0.1, 0.15) is 20.7 Å². The van der Waals surface area contributed by atoms with Crippen LogP contribution in [0.25, 0.3) is 0 Å². The van der Waals surface area contributed by atoms with Gasteiger partial charge < -0.3 is 19.8 Å². The average Bonchev–Trinajstić information content (AvgIpc) is 2.04. The van der Waals surface area contributed by atoms with Gasteiger partial charge in [-0.25, -0.2) is 0 Å².